The van der Waals surface area contributed by atoms with Crippen molar-refractivity contribution in [3.8, 4) is 0 Å². The second kappa shape index (κ2) is 9.58. The van der Waals surface area contributed by atoms with E-state index >= 15 is 0 Å². The number of benzene rings is 4. The first-order valence-corrected chi connectivity index (χ1v) is 14.0. The molecule has 2 aliphatic heterocycles. The van der Waals surface area contributed by atoms with Crippen LogP contribution in [0.15, 0.2) is 126 Å². The molecular weight excluding hydrogens is 464 g/mol. The van der Waals surface area contributed by atoms with Gasteiger partial charge in [-0.1, -0.05) is 116 Å². The number of rotatable bonds is 5. The number of furan rings is 1. The van der Waals surface area contributed by atoms with Crippen molar-refractivity contribution in [1.29, 1.82) is 0 Å². The van der Waals surface area contributed by atoms with Crippen molar-refractivity contribution in [2.45, 2.75) is 36.3 Å². The van der Waals surface area contributed by atoms with E-state index in [1.54, 1.807) is 0 Å². The molecule has 3 atom stereocenters. The van der Waals surface area contributed by atoms with Crippen LogP contribution in [0.4, 0.5) is 0 Å². The maximum absolute atomic E-state index is 6.96. The highest BCUT2D eigenvalue weighted by Gasteiger charge is 2.67. The molecule has 3 nitrogen and oxygen atoms in total. The summed E-state index contributed by atoms with van der Waals surface area (Å²) in [6, 6.07) is 44.1. The lowest BCUT2D eigenvalue weighted by atomic mass is 9.59. The van der Waals surface area contributed by atoms with Crippen molar-refractivity contribution in [2.24, 2.45) is 0 Å². The van der Waals surface area contributed by atoms with Gasteiger partial charge in [0.05, 0.1) is 5.41 Å². The molecule has 0 aliphatic carbocycles. The van der Waals surface area contributed by atoms with Gasteiger partial charge in [0.2, 0.25) is 0 Å². The Morgan fingerprint density at radius 2 is 1.26 bits per heavy atom. The van der Waals surface area contributed by atoms with E-state index in [1.807, 2.05) is 0 Å². The third-order valence-electron chi connectivity index (χ3n) is 8.92. The summed E-state index contributed by atoms with van der Waals surface area (Å²) < 4.78 is 6.96. The second-order valence-electron chi connectivity index (χ2n) is 10.8. The van der Waals surface area contributed by atoms with Crippen molar-refractivity contribution >= 4 is 11.0 Å². The Balaban J connectivity index is 1.62. The highest BCUT2D eigenvalue weighted by Crippen LogP contribution is 2.61. The highest BCUT2D eigenvalue weighted by atomic mass is 16.3. The zero-order valence-corrected chi connectivity index (χ0v) is 21.7. The van der Waals surface area contributed by atoms with Gasteiger partial charge < -0.3 is 4.42 Å². The van der Waals surface area contributed by atoms with Gasteiger partial charge >= 0.3 is 0 Å². The number of piperidine rings is 1. The van der Waals surface area contributed by atoms with Gasteiger partial charge in [-0.05, 0) is 41.7 Å². The van der Waals surface area contributed by atoms with Crippen molar-refractivity contribution in [2.75, 3.05) is 19.6 Å². The standard InChI is InChI=1S/C35H34N2O/c1-5-15-27(16-6-1)31-26-36-35(30-20-9-3-10-21-30,37-23-13-4-14-24-37)34(31,29-18-7-2-8-19-29)33-25-28-17-11-12-22-32(28)38-33/h1-3,5-12,15-22,25,31,36H,4,13-14,23-24,26H2. The first-order chi connectivity index (χ1) is 18.8. The maximum atomic E-state index is 6.96. The number of hydrogen-bond acceptors (Lipinski definition) is 3. The molecule has 2 fully saturated rings. The summed E-state index contributed by atoms with van der Waals surface area (Å²) in [5.74, 6) is 1.19. The molecule has 2 aliphatic rings. The van der Waals surface area contributed by atoms with Gasteiger partial charge in [0, 0.05) is 30.9 Å². The molecule has 7 rings (SSSR count). The zero-order valence-electron chi connectivity index (χ0n) is 21.7. The molecule has 190 valence electrons. The van der Waals surface area contributed by atoms with Gasteiger partial charge in [-0.25, -0.2) is 0 Å². The Morgan fingerprint density at radius 3 is 1.95 bits per heavy atom. The third-order valence-corrected chi connectivity index (χ3v) is 8.92. The molecule has 38 heavy (non-hydrogen) atoms. The molecule has 3 heterocycles. The lowest BCUT2D eigenvalue weighted by molar-refractivity contribution is -0.00281. The van der Waals surface area contributed by atoms with Gasteiger partial charge in [0.25, 0.3) is 0 Å². The van der Waals surface area contributed by atoms with Gasteiger partial charge in [-0.2, -0.15) is 0 Å². The number of nitrogens with zero attached hydrogens (tertiary/aromatic N) is 1. The Bertz CT molecular complexity index is 1470. The number of hydrogen-bond donors (Lipinski definition) is 1. The molecule has 0 spiro atoms. The first-order valence-electron chi connectivity index (χ1n) is 14.0. The fourth-order valence-corrected chi connectivity index (χ4v) is 7.41. The van der Waals surface area contributed by atoms with Crippen LogP contribution in [0.3, 0.4) is 0 Å². The summed E-state index contributed by atoms with van der Waals surface area (Å²) >= 11 is 0. The Hall–Kier alpha value is -3.66. The topological polar surface area (TPSA) is 28.4 Å². The number of fused-ring (bicyclic) bond motifs is 1. The molecule has 0 bridgehead atoms. The predicted molar refractivity (Wildman–Crippen MR) is 154 cm³/mol. The normalized spacial score (nSPS) is 26.1. The molecule has 1 aromatic heterocycles. The summed E-state index contributed by atoms with van der Waals surface area (Å²) in [6.07, 6.45) is 3.70. The monoisotopic (exact) mass is 498 g/mol. The molecule has 2 saturated heterocycles. The van der Waals surface area contributed by atoms with Crippen LogP contribution < -0.4 is 5.32 Å². The average molecular weight is 499 g/mol. The molecule has 0 saturated carbocycles. The van der Waals surface area contributed by atoms with Crippen LogP contribution in [0.5, 0.6) is 0 Å². The summed E-state index contributed by atoms with van der Waals surface area (Å²) in [6.45, 7) is 2.96. The lowest BCUT2D eigenvalue weighted by Crippen LogP contribution is -2.65. The largest absolute Gasteiger partial charge is 0.460 e. The molecule has 3 unspecified atom stereocenters. The molecule has 1 N–H and O–H groups in total. The van der Waals surface area contributed by atoms with E-state index < -0.39 is 11.1 Å². The fraction of sp³-hybridized carbons (Fsp3) is 0.257. The van der Waals surface area contributed by atoms with Crippen molar-refractivity contribution in [3.63, 3.8) is 0 Å². The molecule has 5 aromatic rings. The predicted octanol–water partition coefficient (Wildman–Crippen LogP) is 7.44. The first kappa shape index (κ1) is 23.5. The van der Waals surface area contributed by atoms with E-state index in [0.717, 1.165) is 36.4 Å². The Kier molecular flexibility index (Phi) is 5.91. The van der Waals surface area contributed by atoms with Crippen LogP contribution in [-0.2, 0) is 11.1 Å². The summed E-state index contributed by atoms with van der Waals surface area (Å²) in [5, 5.41) is 5.35. The van der Waals surface area contributed by atoms with Crippen LogP contribution in [0.1, 0.15) is 47.6 Å². The maximum Gasteiger partial charge on any atom is 0.134 e. The summed E-state index contributed by atoms with van der Waals surface area (Å²) in [7, 11) is 0. The third kappa shape index (κ3) is 3.42. The van der Waals surface area contributed by atoms with E-state index in [1.165, 1.54) is 36.0 Å². The van der Waals surface area contributed by atoms with E-state index in [4.69, 9.17) is 4.42 Å². The van der Waals surface area contributed by atoms with E-state index in [-0.39, 0.29) is 5.92 Å². The SMILES string of the molecule is c1ccc(C2CNC(c3ccccc3)(N3CCCCC3)C2(c2ccccc2)c2cc3ccccc3o2)cc1. The number of likely N-dealkylation sites (tertiary alicyclic amines) is 1. The fourth-order valence-electron chi connectivity index (χ4n) is 7.41. The number of nitrogens with one attached hydrogen (secondary N) is 1. The van der Waals surface area contributed by atoms with Gasteiger partial charge in [-0.3, -0.25) is 10.2 Å². The van der Waals surface area contributed by atoms with E-state index in [2.05, 4.69) is 132 Å². The minimum absolute atomic E-state index is 0.161. The summed E-state index contributed by atoms with van der Waals surface area (Å²) in [5.41, 5.74) is 3.87. The van der Waals surface area contributed by atoms with Crippen molar-refractivity contribution in [3.05, 3.63) is 144 Å². The minimum atomic E-state index is -0.507. The smallest absolute Gasteiger partial charge is 0.134 e. The Morgan fingerprint density at radius 1 is 0.658 bits per heavy atom. The quantitative estimate of drug-likeness (QED) is 0.273. The zero-order chi connectivity index (χ0) is 25.4. The lowest BCUT2D eigenvalue weighted by Gasteiger charge is -2.54. The van der Waals surface area contributed by atoms with E-state index in [9.17, 15) is 0 Å². The van der Waals surface area contributed by atoms with Gasteiger partial charge in [0.1, 0.15) is 17.0 Å². The minimum Gasteiger partial charge on any atom is -0.460 e. The van der Waals surface area contributed by atoms with E-state index in [0.29, 0.717) is 0 Å². The highest BCUT2D eigenvalue weighted by molar-refractivity contribution is 5.79. The van der Waals surface area contributed by atoms with Crippen molar-refractivity contribution < 1.29 is 4.42 Å². The number of para-hydroxylation sites is 1. The molecule has 0 amide bonds. The van der Waals surface area contributed by atoms with Gasteiger partial charge in [-0.15, -0.1) is 0 Å². The van der Waals surface area contributed by atoms with Crippen LogP contribution in [0.25, 0.3) is 11.0 Å². The molecule has 4 aromatic carbocycles. The van der Waals surface area contributed by atoms with Crippen LogP contribution in [-0.4, -0.2) is 24.5 Å². The molecule has 0 radical (unpaired) electrons. The average Bonchev–Trinajstić information content (AvgIpc) is 3.60. The Labute approximate surface area is 225 Å². The van der Waals surface area contributed by atoms with Crippen LogP contribution in [0, 0.1) is 0 Å². The van der Waals surface area contributed by atoms with Crippen molar-refractivity contribution in [1.82, 2.24) is 10.2 Å². The van der Waals surface area contributed by atoms with Crippen LogP contribution >= 0.6 is 0 Å². The van der Waals surface area contributed by atoms with Gasteiger partial charge in [0.15, 0.2) is 0 Å². The van der Waals surface area contributed by atoms with Crippen LogP contribution in [0.2, 0.25) is 0 Å². The summed E-state index contributed by atoms with van der Waals surface area (Å²) in [4.78, 5) is 2.73. The second-order valence-corrected chi connectivity index (χ2v) is 10.8. The molecule has 3 heteroatoms. The molecular formula is C35H34N2O.